The van der Waals surface area contributed by atoms with Crippen molar-refractivity contribution in [2.24, 2.45) is 0 Å². The van der Waals surface area contributed by atoms with Gasteiger partial charge in [0.05, 0.1) is 16.8 Å². The van der Waals surface area contributed by atoms with Crippen molar-refractivity contribution in [3.63, 3.8) is 0 Å². The average molecular weight is 576 g/mol. The van der Waals surface area contributed by atoms with Crippen LogP contribution in [0.4, 0.5) is 45.8 Å². The van der Waals surface area contributed by atoms with Crippen LogP contribution < -0.4 is 36.3 Å². The predicted octanol–water partition coefficient (Wildman–Crippen LogP) is 4.98. The molecule has 2 heterocycles. The molecule has 4 amide bonds. The van der Waals surface area contributed by atoms with Gasteiger partial charge in [0.2, 0.25) is 12.7 Å². The number of carbonyl (C=O) groups excluding carboxylic acids is 2. The summed E-state index contributed by atoms with van der Waals surface area (Å²) >= 11 is 0. The van der Waals surface area contributed by atoms with Crippen LogP contribution in [0.15, 0.2) is 79.1 Å². The Balaban J connectivity index is 1.40. The van der Waals surface area contributed by atoms with E-state index in [1.807, 2.05) is 0 Å². The van der Waals surface area contributed by atoms with E-state index >= 15 is 0 Å². The summed E-state index contributed by atoms with van der Waals surface area (Å²) in [6.45, 7) is 0.0407. The number of nitrogens with zero attached hydrogens (tertiary/aromatic N) is 3. The summed E-state index contributed by atoms with van der Waals surface area (Å²) in [7, 11) is 0. The second kappa shape index (κ2) is 11.6. The minimum atomic E-state index is -4.62. The molecule has 0 saturated heterocycles. The van der Waals surface area contributed by atoms with Crippen molar-refractivity contribution >= 4 is 35.1 Å². The summed E-state index contributed by atoms with van der Waals surface area (Å²) in [5.41, 5.74) is 8.22. The van der Waals surface area contributed by atoms with Crippen LogP contribution in [0, 0.1) is 11.8 Å². The van der Waals surface area contributed by atoms with Crippen LogP contribution in [0.1, 0.15) is 16.7 Å². The number of alkyl halides is 3. The van der Waals surface area contributed by atoms with E-state index in [-0.39, 0.29) is 24.1 Å². The quantitative estimate of drug-likeness (QED) is 0.199. The van der Waals surface area contributed by atoms with Gasteiger partial charge in [-0.2, -0.15) is 13.2 Å². The Bertz CT molecular complexity index is 1700. The second-order valence-electron chi connectivity index (χ2n) is 8.61. The number of hydrogen-bond acceptors (Lipinski definition) is 7. The molecular weight excluding hydrogens is 555 g/mol. The number of benzene rings is 3. The first-order valence-electron chi connectivity index (χ1n) is 12.1. The molecule has 4 aromatic rings. The van der Waals surface area contributed by atoms with Crippen molar-refractivity contribution in [2.45, 2.75) is 6.18 Å². The molecule has 3 aromatic carbocycles. The lowest BCUT2D eigenvalue weighted by Crippen LogP contribution is -2.50. The predicted molar refractivity (Wildman–Crippen MR) is 147 cm³/mol. The zero-order chi connectivity index (χ0) is 29.7. The molecule has 5 N–H and O–H groups in total. The molecule has 1 aliphatic rings. The van der Waals surface area contributed by atoms with Crippen LogP contribution >= 0.6 is 0 Å². The van der Waals surface area contributed by atoms with E-state index in [1.54, 1.807) is 24.3 Å². The molecule has 0 atom stereocenters. The summed E-state index contributed by atoms with van der Waals surface area (Å²) in [5, 5.41) is 5.79. The van der Waals surface area contributed by atoms with E-state index in [2.05, 4.69) is 37.9 Å². The van der Waals surface area contributed by atoms with E-state index in [1.165, 1.54) is 36.7 Å². The van der Waals surface area contributed by atoms with E-state index in [4.69, 9.17) is 15.2 Å². The number of nitrogens with two attached hydrogens (primary N) is 1. The molecule has 212 valence electrons. The van der Waals surface area contributed by atoms with Crippen LogP contribution in [-0.2, 0) is 6.18 Å². The lowest BCUT2D eigenvalue weighted by atomic mass is 10.2. The number of anilines is 4. The molecule has 14 heteroatoms. The van der Waals surface area contributed by atoms with Gasteiger partial charge in [0.15, 0.2) is 11.5 Å². The fraction of sp³-hybridized carbons (Fsp3) is 0.0714. The van der Waals surface area contributed by atoms with Crippen LogP contribution in [0.25, 0.3) is 0 Å². The van der Waals surface area contributed by atoms with Crippen LogP contribution in [0.3, 0.4) is 0 Å². The molecule has 0 bridgehead atoms. The number of nitrogens with one attached hydrogen (secondary N) is 3. The molecule has 1 aromatic heterocycles. The highest BCUT2D eigenvalue weighted by Gasteiger charge is 2.31. The van der Waals surface area contributed by atoms with Crippen molar-refractivity contribution in [1.82, 2.24) is 15.4 Å². The third-order valence-corrected chi connectivity index (χ3v) is 5.62. The normalized spacial score (nSPS) is 11.6. The maximum absolute atomic E-state index is 13.3. The molecule has 0 unspecified atom stereocenters. The van der Waals surface area contributed by atoms with E-state index in [0.29, 0.717) is 28.3 Å². The number of fused-ring (bicyclic) bond motifs is 1. The molecule has 0 spiro atoms. The molecule has 0 fully saturated rings. The Morgan fingerprint density at radius 1 is 0.857 bits per heavy atom. The number of ether oxygens (including phenoxy) is 2. The molecule has 1 aliphatic heterocycles. The van der Waals surface area contributed by atoms with Crippen molar-refractivity contribution in [2.75, 3.05) is 28.2 Å². The molecule has 42 heavy (non-hydrogen) atoms. The summed E-state index contributed by atoms with van der Waals surface area (Å²) in [6, 6.07) is 13.3. The summed E-state index contributed by atoms with van der Waals surface area (Å²) in [4.78, 5) is 34.0. The number of aromatic nitrogens is 2. The third-order valence-electron chi connectivity index (χ3n) is 5.62. The van der Waals surface area contributed by atoms with Gasteiger partial charge in [0.25, 0.3) is 0 Å². The maximum Gasteiger partial charge on any atom is 0.416 e. The minimum Gasteiger partial charge on any atom is -0.454 e. The molecule has 11 nitrogen and oxygen atoms in total. The van der Waals surface area contributed by atoms with Crippen molar-refractivity contribution in [3.05, 3.63) is 95.8 Å². The summed E-state index contributed by atoms with van der Waals surface area (Å²) < 4.78 is 50.2. The van der Waals surface area contributed by atoms with E-state index in [0.717, 1.165) is 23.2 Å². The number of nitrogen functional groups attached to an aromatic ring is 1. The topological polar surface area (TPSA) is 144 Å². The lowest BCUT2D eigenvalue weighted by Gasteiger charge is -2.24. The third kappa shape index (κ3) is 6.77. The first-order chi connectivity index (χ1) is 20.1. The van der Waals surface area contributed by atoms with Crippen molar-refractivity contribution in [1.29, 1.82) is 0 Å². The molecule has 5 rings (SSSR count). The monoisotopic (exact) mass is 575 g/mol. The zero-order valence-corrected chi connectivity index (χ0v) is 21.4. The van der Waals surface area contributed by atoms with Crippen LogP contribution in [-0.4, -0.2) is 28.8 Å². The standard InChI is InChI=1S/C28H20F3N7O4/c29-28(30,31)19-4-2-5-20(12-19)36-27(40)38(37-26(39)35-21-9-10-23-24(13-21)42-16-41-23)22-6-1-3-17(11-22)7-8-18-14-33-25(32)34-15-18/h1-6,9-15H,16H2,(H,36,40)(H2,32,33,34)(H2,35,37,39). The number of carbonyl (C=O) groups is 2. The first-order valence-corrected chi connectivity index (χ1v) is 12.1. The zero-order valence-electron chi connectivity index (χ0n) is 21.4. The van der Waals surface area contributed by atoms with Crippen molar-refractivity contribution < 1.29 is 32.2 Å². The average Bonchev–Trinajstić information content (AvgIpc) is 3.43. The highest BCUT2D eigenvalue weighted by molar-refractivity contribution is 6.04. The Hall–Kier alpha value is -5.97. The van der Waals surface area contributed by atoms with Gasteiger partial charge in [0, 0.05) is 35.4 Å². The fourth-order valence-corrected chi connectivity index (χ4v) is 3.69. The van der Waals surface area contributed by atoms with Crippen molar-refractivity contribution in [3.8, 4) is 23.3 Å². The smallest absolute Gasteiger partial charge is 0.416 e. The minimum absolute atomic E-state index is 0.0407. The molecule has 0 saturated carbocycles. The van der Waals surface area contributed by atoms with Gasteiger partial charge in [-0.1, -0.05) is 24.0 Å². The second-order valence-corrected chi connectivity index (χ2v) is 8.61. The number of amides is 4. The Morgan fingerprint density at radius 3 is 2.36 bits per heavy atom. The number of hydrogen-bond donors (Lipinski definition) is 4. The Kier molecular flexibility index (Phi) is 7.65. The lowest BCUT2D eigenvalue weighted by molar-refractivity contribution is -0.137. The maximum atomic E-state index is 13.3. The van der Waals surface area contributed by atoms with E-state index < -0.39 is 23.8 Å². The number of hydrazine groups is 1. The van der Waals surface area contributed by atoms with Gasteiger partial charge in [-0.3, -0.25) is 0 Å². The number of halogens is 3. The Morgan fingerprint density at radius 2 is 1.57 bits per heavy atom. The highest BCUT2D eigenvalue weighted by Crippen LogP contribution is 2.34. The first kappa shape index (κ1) is 27.6. The fourth-order valence-electron chi connectivity index (χ4n) is 3.69. The summed E-state index contributed by atoms with van der Waals surface area (Å²) in [5.74, 6) is 6.78. The largest absolute Gasteiger partial charge is 0.454 e. The molecular formula is C28H20F3N7O4. The summed E-state index contributed by atoms with van der Waals surface area (Å²) in [6.07, 6.45) is -1.74. The number of rotatable bonds is 3. The van der Waals surface area contributed by atoms with Gasteiger partial charge in [0.1, 0.15) is 0 Å². The van der Waals surface area contributed by atoms with Crippen LogP contribution in [0.5, 0.6) is 11.5 Å². The Labute approximate surface area is 236 Å². The van der Waals surface area contributed by atoms with Crippen LogP contribution in [0.2, 0.25) is 0 Å². The SMILES string of the molecule is Nc1ncc(C#Cc2cccc(N(NC(=O)Nc3ccc4c(c3)OCO4)C(=O)Nc3cccc(C(F)(F)F)c3)c2)cn1. The van der Waals surface area contributed by atoms with E-state index in [9.17, 15) is 22.8 Å². The molecule has 0 radical (unpaired) electrons. The van der Waals surface area contributed by atoms with Gasteiger partial charge < -0.3 is 25.8 Å². The molecule has 0 aliphatic carbocycles. The van der Waals surface area contributed by atoms with Gasteiger partial charge in [-0.05, 0) is 48.5 Å². The van der Waals surface area contributed by atoms with Gasteiger partial charge in [-0.25, -0.2) is 30.0 Å². The number of urea groups is 2. The highest BCUT2D eigenvalue weighted by atomic mass is 19.4. The van der Waals surface area contributed by atoms with Gasteiger partial charge in [-0.15, -0.1) is 0 Å². The van der Waals surface area contributed by atoms with Gasteiger partial charge >= 0.3 is 18.2 Å².